The predicted molar refractivity (Wildman–Crippen MR) is 68.6 cm³/mol. The highest BCUT2D eigenvalue weighted by molar-refractivity contribution is 7.89. The molecule has 96 valence electrons. The van der Waals surface area contributed by atoms with E-state index in [1.165, 1.54) is 15.4 Å². The van der Waals surface area contributed by atoms with E-state index in [1.54, 1.807) is 11.3 Å². The van der Waals surface area contributed by atoms with E-state index in [9.17, 15) is 8.42 Å². The average molecular weight is 284 g/mol. The Balaban J connectivity index is 1.95. The van der Waals surface area contributed by atoms with Crippen molar-refractivity contribution in [2.24, 2.45) is 0 Å². The van der Waals surface area contributed by atoms with Gasteiger partial charge < -0.3 is 5.73 Å². The number of aromatic nitrogens is 2. The predicted octanol–water partition coefficient (Wildman–Crippen LogP) is 0.800. The second kappa shape index (κ2) is 4.08. The van der Waals surface area contributed by atoms with Crippen molar-refractivity contribution >= 4 is 27.2 Å². The molecule has 8 heteroatoms. The number of sulfonamides is 1. The zero-order valence-electron chi connectivity index (χ0n) is 9.46. The highest BCUT2D eigenvalue weighted by Crippen LogP contribution is 2.29. The molecule has 1 aliphatic heterocycles. The number of rotatable bonds is 2. The lowest BCUT2D eigenvalue weighted by Crippen LogP contribution is -2.35. The summed E-state index contributed by atoms with van der Waals surface area (Å²) in [5.41, 5.74) is 6.67. The normalized spacial score (nSPS) is 16.7. The van der Waals surface area contributed by atoms with Crippen LogP contribution in [0.5, 0.6) is 0 Å². The van der Waals surface area contributed by atoms with Crippen molar-refractivity contribution < 1.29 is 8.42 Å². The van der Waals surface area contributed by atoms with Crippen LogP contribution in [0.2, 0.25) is 0 Å². The minimum Gasteiger partial charge on any atom is -0.383 e. The summed E-state index contributed by atoms with van der Waals surface area (Å²) in [5, 5.41) is 8.11. The molecule has 6 nitrogen and oxygen atoms in total. The van der Waals surface area contributed by atoms with Crippen molar-refractivity contribution in [1.29, 1.82) is 0 Å². The van der Waals surface area contributed by atoms with Gasteiger partial charge in [-0.25, -0.2) is 8.42 Å². The number of hydrogen-bond acceptors (Lipinski definition) is 5. The summed E-state index contributed by atoms with van der Waals surface area (Å²) in [6.45, 7) is 0.895. The first-order chi connectivity index (χ1) is 8.59. The Morgan fingerprint density at radius 1 is 1.50 bits per heavy atom. The number of nitrogen functional groups attached to an aromatic ring is 1. The molecule has 0 amide bonds. The number of hydrogen-bond donors (Lipinski definition) is 2. The monoisotopic (exact) mass is 284 g/mol. The van der Waals surface area contributed by atoms with Crippen LogP contribution in [0, 0.1) is 0 Å². The molecule has 3 rings (SSSR count). The number of thiophene rings is 1. The van der Waals surface area contributed by atoms with E-state index in [-0.39, 0.29) is 10.7 Å². The van der Waals surface area contributed by atoms with Gasteiger partial charge in [-0.3, -0.25) is 5.10 Å². The topological polar surface area (TPSA) is 92.1 Å². The third kappa shape index (κ3) is 1.73. The lowest BCUT2D eigenvalue weighted by Gasteiger charge is -2.25. The first kappa shape index (κ1) is 11.7. The van der Waals surface area contributed by atoms with Gasteiger partial charge in [-0.05, 0) is 23.4 Å². The minimum absolute atomic E-state index is 0.0566. The van der Waals surface area contributed by atoms with E-state index in [1.807, 2.05) is 11.4 Å². The van der Waals surface area contributed by atoms with Crippen LogP contribution in [0.4, 0.5) is 5.82 Å². The lowest BCUT2D eigenvalue weighted by molar-refractivity contribution is 0.394. The summed E-state index contributed by atoms with van der Waals surface area (Å²) in [7, 11) is -3.55. The maximum atomic E-state index is 12.4. The summed E-state index contributed by atoms with van der Waals surface area (Å²) < 4.78 is 26.2. The van der Waals surface area contributed by atoms with Gasteiger partial charge in [0.25, 0.3) is 0 Å². The molecule has 3 heterocycles. The van der Waals surface area contributed by atoms with E-state index in [0.29, 0.717) is 13.1 Å². The molecule has 0 fully saturated rings. The smallest absolute Gasteiger partial charge is 0.248 e. The molecule has 0 spiro atoms. The molecule has 18 heavy (non-hydrogen) atoms. The van der Waals surface area contributed by atoms with Crippen LogP contribution in [-0.2, 0) is 23.0 Å². The van der Waals surface area contributed by atoms with E-state index >= 15 is 0 Å². The molecule has 0 saturated heterocycles. The minimum atomic E-state index is -3.55. The SMILES string of the molecule is Nc1[nH]ncc1S(=O)(=O)N1CCc2sccc2C1. The van der Waals surface area contributed by atoms with Gasteiger partial charge in [0.1, 0.15) is 10.7 Å². The van der Waals surface area contributed by atoms with Crippen molar-refractivity contribution in [1.82, 2.24) is 14.5 Å². The van der Waals surface area contributed by atoms with Crippen LogP contribution in [0.1, 0.15) is 10.4 Å². The Kier molecular flexibility index (Phi) is 2.65. The largest absolute Gasteiger partial charge is 0.383 e. The average Bonchev–Trinajstić information content (AvgIpc) is 2.95. The zero-order valence-corrected chi connectivity index (χ0v) is 11.1. The van der Waals surface area contributed by atoms with Crippen molar-refractivity contribution in [3.8, 4) is 0 Å². The maximum Gasteiger partial charge on any atom is 0.248 e. The fourth-order valence-electron chi connectivity index (χ4n) is 2.06. The third-order valence-electron chi connectivity index (χ3n) is 3.02. The van der Waals surface area contributed by atoms with Gasteiger partial charge in [-0.15, -0.1) is 11.3 Å². The van der Waals surface area contributed by atoms with E-state index in [4.69, 9.17) is 5.73 Å². The Labute approximate surface area is 108 Å². The van der Waals surface area contributed by atoms with E-state index in [2.05, 4.69) is 10.2 Å². The van der Waals surface area contributed by atoms with Crippen LogP contribution >= 0.6 is 11.3 Å². The van der Waals surface area contributed by atoms with Crippen molar-refractivity contribution in [2.75, 3.05) is 12.3 Å². The number of nitrogens with one attached hydrogen (secondary N) is 1. The summed E-state index contributed by atoms with van der Waals surface area (Å²) in [4.78, 5) is 1.32. The number of nitrogens with two attached hydrogens (primary N) is 1. The quantitative estimate of drug-likeness (QED) is 0.853. The van der Waals surface area contributed by atoms with Gasteiger partial charge in [-0.2, -0.15) is 9.40 Å². The van der Waals surface area contributed by atoms with Crippen molar-refractivity contribution in [3.63, 3.8) is 0 Å². The highest BCUT2D eigenvalue weighted by Gasteiger charge is 2.31. The summed E-state index contributed by atoms with van der Waals surface area (Å²) in [6.07, 6.45) is 2.01. The van der Waals surface area contributed by atoms with Crippen LogP contribution in [0.3, 0.4) is 0 Å². The van der Waals surface area contributed by atoms with Gasteiger partial charge in [0, 0.05) is 18.0 Å². The van der Waals surface area contributed by atoms with Crippen LogP contribution in [0.25, 0.3) is 0 Å². The highest BCUT2D eigenvalue weighted by atomic mass is 32.2. The molecule has 0 aromatic carbocycles. The van der Waals surface area contributed by atoms with Crippen molar-refractivity contribution in [2.45, 2.75) is 17.9 Å². The van der Waals surface area contributed by atoms with Gasteiger partial charge in [0.15, 0.2) is 0 Å². The summed E-state index contributed by atoms with van der Waals surface area (Å²) in [5.74, 6) is 0.0890. The zero-order chi connectivity index (χ0) is 12.8. The van der Waals surface area contributed by atoms with Gasteiger partial charge in [-0.1, -0.05) is 0 Å². The fourth-order valence-corrected chi connectivity index (χ4v) is 4.38. The van der Waals surface area contributed by atoms with Gasteiger partial charge >= 0.3 is 0 Å². The van der Waals surface area contributed by atoms with Crippen molar-refractivity contribution in [3.05, 3.63) is 28.1 Å². The molecule has 0 radical (unpaired) electrons. The molecule has 0 unspecified atom stereocenters. The molecular formula is C10H12N4O2S2. The number of fused-ring (bicyclic) bond motifs is 1. The second-order valence-corrected chi connectivity index (χ2v) is 7.01. The van der Waals surface area contributed by atoms with Crippen LogP contribution in [0.15, 0.2) is 22.5 Å². The number of nitrogens with zero attached hydrogens (tertiary/aromatic N) is 2. The van der Waals surface area contributed by atoms with Gasteiger partial charge in [0.05, 0.1) is 6.20 Å². The Morgan fingerprint density at radius 2 is 2.33 bits per heavy atom. The summed E-state index contributed by atoms with van der Waals surface area (Å²) in [6, 6.07) is 1.97. The number of aromatic amines is 1. The standard InChI is InChI=1S/C10H12N4O2S2/c11-10-9(5-12-13-10)18(15,16)14-3-1-8-7(6-14)2-4-17-8/h2,4-5H,1,3,6H2,(H3,11,12,13). The first-order valence-electron chi connectivity index (χ1n) is 5.43. The number of anilines is 1. The summed E-state index contributed by atoms with van der Waals surface area (Å²) >= 11 is 1.67. The molecule has 2 aromatic rings. The maximum absolute atomic E-state index is 12.4. The Bertz CT molecular complexity index is 674. The fraction of sp³-hybridized carbons (Fsp3) is 0.300. The van der Waals surface area contributed by atoms with Gasteiger partial charge in [0.2, 0.25) is 10.0 Å². The molecule has 0 atom stereocenters. The third-order valence-corrected chi connectivity index (χ3v) is 5.92. The molecule has 1 aliphatic rings. The van der Waals surface area contributed by atoms with Crippen LogP contribution in [-0.4, -0.2) is 29.5 Å². The first-order valence-corrected chi connectivity index (χ1v) is 7.75. The second-order valence-electron chi connectivity index (χ2n) is 4.11. The molecular weight excluding hydrogens is 272 g/mol. The Morgan fingerprint density at radius 3 is 3.06 bits per heavy atom. The Hall–Kier alpha value is -1.38. The molecule has 2 aromatic heterocycles. The molecule has 0 saturated carbocycles. The lowest BCUT2D eigenvalue weighted by atomic mass is 10.1. The molecule has 0 bridgehead atoms. The van der Waals surface area contributed by atoms with E-state index in [0.717, 1.165) is 12.0 Å². The van der Waals surface area contributed by atoms with Crippen LogP contribution < -0.4 is 5.73 Å². The van der Waals surface area contributed by atoms with E-state index < -0.39 is 10.0 Å². The number of H-pyrrole nitrogens is 1. The molecule has 3 N–H and O–H groups in total. The molecule has 0 aliphatic carbocycles.